The van der Waals surface area contributed by atoms with E-state index in [1.807, 2.05) is 45.0 Å². The Morgan fingerprint density at radius 2 is 1.82 bits per heavy atom. The molecule has 2 atom stereocenters. The van der Waals surface area contributed by atoms with Gasteiger partial charge in [-0.3, -0.25) is 9.10 Å². The van der Waals surface area contributed by atoms with E-state index in [1.54, 1.807) is 19.2 Å². The van der Waals surface area contributed by atoms with Gasteiger partial charge in [0, 0.05) is 18.2 Å². The lowest BCUT2D eigenvalue weighted by atomic mass is 10.1. The lowest BCUT2D eigenvalue weighted by Crippen LogP contribution is -2.42. The molecule has 148 valence electrons. The second-order valence-electron chi connectivity index (χ2n) is 7.70. The summed E-state index contributed by atoms with van der Waals surface area (Å²) in [6.45, 7) is 6.00. The van der Waals surface area contributed by atoms with E-state index in [-0.39, 0.29) is 5.92 Å². The summed E-state index contributed by atoms with van der Waals surface area (Å²) in [5.41, 5.74) is 3.91. The molecule has 0 aromatic heterocycles. The van der Waals surface area contributed by atoms with Crippen molar-refractivity contribution in [2.24, 2.45) is 5.92 Å². The second kappa shape index (κ2) is 6.24. The van der Waals surface area contributed by atoms with Crippen LogP contribution in [0.2, 0.25) is 0 Å². The molecular weight excluding hydrogens is 376 g/mol. The third kappa shape index (κ3) is 2.53. The average molecular weight is 401 g/mol. The maximum absolute atomic E-state index is 13.4. The highest BCUT2D eigenvalue weighted by atomic mass is 32.2. The quantitative estimate of drug-likeness (QED) is 0.855. The number of hydrogen-bond donors (Lipinski definition) is 1. The molecule has 1 saturated heterocycles. The molecule has 1 aliphatic carbocycles. The van der Waals surface area contributed by atoms with Crippen molar-refractivity contribution in [2.75, 3.05) is 23.3 Å². The minimum absolute atomic E-state index is 0.185. The Morgan fingerprint density at radius 1 is 1.14 bits per heavy atom. The molecule has 2 aromatic rings. The van der Waals surface area contributed by atoms with Gasteiger partial charge in [0.05, 0.1) is 12.8 Å². The lowest BCUT2D eigenvalue weighted by molar-refractivity contribution is -0.116. The fraction of sp³-hybridized carbons (Fsp3) is 0.381. The first-order valence-electron chi connectivity index (χ1n) is 9.27. The number of carbonyl (C=O) groups excluding carboxylic acids is 1. The molecule has 0 spiro atoms. The first-order chi connectivity index (χ1) is 13.2. The molecule has 6 nitrogen and oxygen atoms in total. The molecule has 7 heteroatoms. The van der Waals surface area contributed by atoms with Crippen LogP contribution in [0.1, 0.15) is 23.1 Å². The molecule has 0 radical (unpaired) electrons. The van der Waals surface area contributed by atoms with Gasteiger partial charge in [0.25, 0.3) is 0 Å². The van der Waals surface area contributed by atoms with Gasteiger partial charge in [-0.2, -0.15) is 0 Å². The molecule has 1 heterocycles. The van der Waals surface area contributed by atoms with E-state index < -0.39 is 20.7 Å². The van der Waals surface area contributed by atoms with E-state index in [2.05, 4.69) is 5.32 Å². The van der Waals surface area contributed by atoms with E-state index in [4.69, 9.17) is 4.74 Å². The zero-order valence-electron chi connectivity index (χ0n) is 16.4. The Bertz CT molecular complexity index is 1060. The SMILES string of the molecule is COc1ccc(NC(=O)C23CC2CN(c2c(C)cccc2C)S3(=O)=O)c(C)c1. The third-order valence-corrected chi connectivity index (χ3v) is 8.46. The molecule has 1 aliphatic heterocycles. The Morgan fingerprint density at radius 3 is 2.43 bits per heavy atom. The van der Waals surface area contributed by atoms with E-state index >= 15 is 0 Å². The normalized spacial score (nSPS) is 24.6. The first kappa shape index (κ1) is 18.8. The average Bonchev–Trinajstić information content (AvgIpc) is 3.33. The van der Waals surface area contributed by atoms with Crippen LogP contribution in [0, 0.1) is 26.7 Å². The largest absolute Gasteiger partial charge is 0.497 e. The molecule has 2 unspecified atom stereocenters. The molecule has 1 saturated carbocycles. The standard InChI is InChI=1S/C21H24N2O4S/c1-13-6-5-7-14(2)19(13)23-12-16-11-21(16,28(23,25)26)20(24)22-18-9-8-17(27-4)10-15(18)3/h5-10,16H,11-12H2,1-4H3,(H,22,24). The molecule has 2 aromatic carbocycles. The van der Waals surface area contributed by atoms with Gasteiger partial charge >= 0.3 is 0 Å². The van der Waals surface area contributed by atoms with Crippen molar-refractivity contribution in [1.82, 2.24) is 0 Å². The van der Waals surface area contributed by atoms with Gasteiger partial charge in [-0.1, -0.05) is 18.2 Å². The molecule has 1 amide bonds. The summed E-state index contributed by atoms with van der Waals surface area (Å²) >= 11 is 0. The van der Waals surface area contributed by atoms with Crippen molar-refractivity contribution in [3.8, 4) is 5.75 Å². The minimum atomic E-state index is -3.80. The number of methoxy groups -OCH3 is 1. The highest BCUT2D eigenvalue weighted by Crippen LogP contribution is 2.59. The van der Waals surface area contributed by atoms with Crippen LogP contribution in [0.25, 0.3) is 0 Å². The van der Waals surface area contributed by atoms with Crippen LogP contribution in [-0.4, -0.2) is 32.7 Å². The lowest BCUT2D eigenvalue weighted by Gasteiger charge is -2.26. The summed E-state index contributed by atoms with van der Waals surface area (Å²) in [5, 5.41) is 2.84. The van der Waals surface area contributed by atoms with Crippen molar-refractivity contribution in [3.63, 3.8) is 0 Å². The van der Waals surface area contributed by atoms with E-state index in [1.165, 1.54) is 4.31 Å². The summed E-state index contributed by atoms with van der Waals surface area (Å²) in [7, 11) is -2.22. The van der Waals surface area contributed by atoms with Crippen LogP contribution in [0.3, 0.4) is 0 Å². The number of benzene rings is 2. The number of nitrogens with zero attached hydrogens (tertiary/aromatic N) is 1. The Labute approximate surface area is 165 Å². The van der Waals surface area contributed by atoms with Gasteiger partial charge in [0.15, 0.2) is 4.75 Å². The van der Waals surface area contributed by atoms with Crippen LogP contribution < -0.4 is 14.4 Å². The number of fused-ring (bicyclic) bond motifs is 1. The predicted molar refractivity (Wildman–Crippen MR) is 109 cm³/mol. The van der Waals surface area contributed by atoms with Gasteiger partial charge in [-0.15, -0.1) is 0 Å². The summed E-state index contributed by atoms with van der Waals surface area (Å²) in [5.74, 6) is 0.0576. The highest BCUT2D eigenvalue weighted by Gasteiger charge is 2.75. The second-order valence-corrected chi connectivity index (χ2v) is 9.82. The van der Waals surface area contributed by atoms with Crippen LogP contribution in [0.15, 0.2) is 36.4 Å². The van der Waals surface area contributed by atoms with Gasteiger partial charge < -0.3 is 10.1 Å². The van der Waals surface area contributed by atoms with Crippen molar-refractivity contribution in [1.29, 1.82) is 0 Å². The van der Waals surface area contributed by atoms with Crippen molar-refractivity contribution >= 4 is 27.3 Å². The number of sulfonamides is 1. The minimum Gasteiger partial charge on any atom is -0.497 e. The number of nitrogens with one attached hydrogen (secondary N) is 1. The maximum Gasteiger partial charge on any atom is 0.250 e. The topological polar surface area (TPSA) is 75.7 Å². The van der Waals surface area contributed by atoms with E-state index in [9.17, 15) is 13.2 Å². The zero-order chi connectivity index (χ0) is 20.3. The smallest absolute Gasteiger partial charge is 0.250 e. The fourth-order valence-electron chi connectivity index (χ4n) is 4.27. The maximum atomic E-state index is 13.4. The predicted octanol–water partition coefficient (Wildman–Crippen LogP) is 3.17. The van der Waals surface area contributed by atoms with Gasteiger partial charge in [-0.05, 0) is 62.1 Å². The van der Waals surface area contributed by atoms with Crippen molar-refractivity contribution < 1.29 is 17.9 Å². The molecular formula is C21H24N2O4S. The molecule has 0 bridgehead atoms. The third-order valence-electron chi connectivity index (χ3n) is 5.94. The molecule has 2 aliphatic rings. The number of carbonyl (C=O) groups is 1. The monoisotopic (exact) mass is 400 g/mol. The highest BCUT2D eigenvalue weighted by molar-refractivity contribution is 7.95. The molecule has 28 heavy (non-hydrogen) atoms. The zero-order valence-corrected chi connectivity index (χ0v) is 17.3. The number of amides is 1. The number of ether oxygens (including phenoxy) is 1. The fourth-order valence-corrected chi connectivity index (χ4v) is 6.76. The number of rotatable bonds is 4. The number of hydrogen-bond acceptors (Lipinski definition) is 4. The Balaban J connectivity index is 1.65. The number of aryl methyl sites for hydroxylation is 3. The van der Waals surface area contributed by atoms with Gasteiger partial charge in [0.1, 0.15) is 5.75 Å². The van der Waals surface area contributed by atoms with Crippen LogP contribution in [0.5, 0.6) is 5.75 Å². The summed E-state index contributed by atoms with van der Waals surface area (Å²) in [4.78, 5) is 13.1. The number of anilines is 2. The van der Waals surface area contributed by atoms with E-state index in [0.717, 1.165) is 16.7 Å². The van der Waals surface area contributed by atoms with Crippen molar-refractivity contribution in [3.05, 3.63) is 53.1 Å². The summed E-state index contributed by atoms with van der Waals surface area (Å²) in [6, 6.07) is 11.0. The number of para-hydroxylation sites is 1. The summed E-state index contributed by atoms with van der Waals surface area (Å²) in [6.07, 6.45) is 0.373. The van der Waals surface area contributed by atoms with Gasteiger partial charge in [-0.25, -0.2) is 8.42 Å². The van der Waals surface area contributed by atoms with Gasteiger partial charge in [0.2, 0.25) is 15.9 Å². The molecule has 1 N–H and O–H groups in total. The Kier molecular flexibility index (Phi) is 4.19. The Hall–Kier alpha value is -2.54. The summed E-state index contributed by atoms with van der Waals surface area (Å²) < 4.78 is 32.1. The van der Waals surface area contributed by atoms with Crippen molar-refractivity contribution in [2.45, 2.75) is 31.9 Å². The van der Waals surface area contributed by atoms with Crippen LogP contribution in [0.4, 0.5) is 11.4 Å². The molecule has 4 rings (SSSR count). The van der Waals surface area contributed by atoms with Crippen LogP contribution >= 0.6 is 0 Å². The first-order valence-corrected chi connectivity index (χ1v) is 10.7. The van der Waals surface area contributed by atoms with Crippen LogP contribution in [-0.2, 0) is 14.8 Å². The van der Waals surface area contributed by atoms with E-state index in [0.29, 0.717) is 30.1 Å². The molecule has 2 fully saturated rings.